The van der Waals surface area contributed by atoms with Crippen molar-refractivity contribution in [2.24, 2.45) is 0 Å². The highest BCUT2D eigenvalue weighted by Gasteiger charge is 2.19. The van der Waals surface area contributed by atoms with Crippen molar-refractivity contribution in [2.45, 2.75) is 26.2 Å². The van der Waals surface area contributed by atoms with Crippen LogP contribution in [-0.4, -0.2) is 26.3 Å². The molecule has 0 radical (unpaired) electrons. The lowest BCUT2D eigenvalue weighted by Gasteiger charge is -2.25. The van der Waals surface area contributed by atoms with Crippen LogP contribution in [0.15, 0.2) is 30.3 Å². The number of ether oxygens (including phenoxy) is 1. The second kappa shape index (κ2) is 6.66. The largest absolute Gasteiger partial charge is 0.380 e. The monoisotopic (exact) mass is 221 g/mol. The average Bonchev–Trinajstić information content (AvgIpc) is 2.30. The van der Waals surface area contributed by atoms with Crippen LogP contribution in [0.3, 0.4) is 0 Å². The van der Waals surface area contributed by atoms with Crippen LogP contribution in [0.5, 0.6) is 0 Å². The normalized spacial score (nSPS) is 11.7. The van der Waals surface area contributed by atoms with Crippen molar-refractivity contribution >= 4 is 0 Å². The van der Waals surface area contributed by atoms with Gasteiger partial charge in [-0.25, -0.2) is 0 Å². The Morgan fingerprint density at radius 2 is 1.88 bits per heavy atom. The molecule has 0 atom stereocenters. The first-order chi connectivity index (χ1) is 7.67. The van der Waals surface area contributed by atoms with E-state index in [1.54, 1.807) is 0 Å². The van der Waals surface area contributed by atoms with Gasteiger partial charge in [-0.2, -0.15) is 0 Å². The predicted octanol–water partition coefficient (Wildman–Crippen LogP) is 2.59. The molecule has 0 unspecified atom stereocenters. The molecule has 0 aliphatic carbocycles. The summed E-state index contributed by atoms with van der Waals surface area (Å²) in [5, 5.41) is 3.43. The van der Waals surface area contributed by atoms with E-state index in [2.05, 4.69) is 49.5 Å². The summed E-state index contributed by atoms with van der Waals surface area (Å²) >= 11 is 0. The van der Waals surface area contributed by atoms with Crippen LogP contribution in [0.25, 0.3) is 0 Å². The van der Waals surface area contributed by atoms with Crippen molar-refractivity contribution in [2.75, 3.05) is 26.3 Å². The van der Waals surface area contributed by atoms with Crippen molar-refractivity contribution in [1.29, 1.82) is 0 Å². The topological polar surface area (TPSA) is 21.3 Å². The maximum atomic E-state index is 5.29. The van der Waals surface area contributed by atoms with Gasteiger partial charge >= 0.3 is 0 Å². The van der Waals surface area contributed by atoms with E-state index in [0.29, 0.717) is 0 Å². The SMILES string of the molecule is CCOCCNCC(C)(C)c1ccccc1. The molecule has 1 rings (SSSR count). The molecule has 16 heavy (non-hydrogen) atoms. The molecule has 0 saturated heterocycles. The summed E-state index contributed by atoms with van der Waals surface area (Å²) in [6, 6.07) is 10.6. The minimum absolute atomic E-state index is 0.174. The summed E-state index contributed by atoms with van der Waals surface area (Å²) < 4.78 is 5.29. The molecular formula is C14H23NO. The van der Waals surface area contributed by atoms with E-state index in [1.165, 1.54) is 5.56 Å². The van der Waals surface area contributed by atoms with Crippen molar-refractivity contribution in [1.82, 2.24) is 5.32 Å². The third-order valence-corrected chi connectivity index (χ3v) is 2.75. The zero-order valence-corrected chi connectivity index (χ0v) is 10.6. The Hall–Kier alpha value is -0.860. The predicted molar refractivity (Wildman–Crippen MR) is 68.8 cm³/mol. The lowest BCUT2D eigenvalue weighted by atomic mass is 9.85. The first-order valence-electron chi connectivity index (χ1n) is 6.01. The summed E-state index contributed by atoms with van der Waals surface area (Å²) in [5.74, 6) is 0. The lowest BCUT2D eigenvalue weighted by Crippen LogP contribution is -2.34. The Labute approximate surface area is 99.0 Å². The molecule has 2 nitrogen and oxygen atoms in total. The molecule has 90 valence electrons. The van der Waals surface area contributed by atoms with Gasteiger partial charge in [-0.05, 0) is 12.5 Å². The minimum Gasteiger partial charge on any atom is -0.380 e. The van der Waals surface area contributed by atoms with Crippen LogP contribution in [-0.2, 0) is 10.2 Å². The third-order valence-electron chi connectivity index (χ3n) is 2.75. The fraction of sp³-hybridized carbons (Fsp3) is 0.571. The molecule has 0 amide bonds. The first kappa shape index (κ1) is 13.2. The van der Waals surface area contributed by atoms with Crippen molar-refractivity contribution in [3.05, 3.63) is 35.9 Å². The number of benzene rings is 1. The maximum Gasteiger partial charge on any atom is 0.0590 e. The van der Waals surface area contributed by atoms with E-state index >= 15 is 0 Å². The lowest BCUT2D eigenvalue weighted by molar-refractivity contribution is 0.148. The summed E-state index contributed by atoms with van der Waals surface area (Å²) in [4.78, 5) is 0. The van der Waals surface area contributed by atoms with Crippen molar-refractivity contribution in [3.8, 4) is 0 Å². The van der Waals surface area contributed by atoms with Gasteiger partial charge < -0.3 is 10.1 Å². The molecule has 0 aliphatic heterocycles. The zero-order chi connectivity index (χ0) is 11.9. The van der Waals surface area contributed by atoms with Gasteiger partial charge in [0.05, 0.1) is 6.61 Å². The molecule has 0 spiro atoms. The Morgan fingerprint density at radius 1 is 1.19 bits per heavy atom. The molecular weight excluding hydrogens is 198 g/mol. The summed E-state index contributed by atoms with van der Waals surface area (Å²) in [6.07, 6.45) is 0. The minimum atomic E-state index is 0.174. The van der Waals surface area contributed by atoms with E-state index < -0.39 is 0 Å². The standard InChI is InChI=1S/C14H23NO/c1-4-16-11-10-15-12-14(2,3)13-8-6-5-7-9-13/h5-9,15H,4,10-12H2,1-3H3. The number of nitrogens with one attached hydrogen (secondary N) is 1. The van der Waals surface area contributed by atoms with Crippen LogP contribution in [0.4, 0.5) is 0 Å². The number of rotatable bonds is 7. The van der Waals surface area contributed by atoms with Crippen LogP contribution in [0.2, 0.25) is 0 Å². The first-order valence-corrected chi connectivity index (χ1v) is 6.01. The Kier molecular flexibility index (Phi) is 5.50. The molecule has 2 heteroatoms. The van der Waals surface area contributed by atoms with Crippen LogP contribution < -0.4 is 5.32 Å². The van der Waals surface area contributed by atoms with E-state index in [9.17, 15) is 0 Å². The van der Waals surface area contributed by atoms with Gasteiger partial charge in [0.2, 0.25) is 0 Å². The van der Waals surface area contributed by atoms with Crippen LogP contribution in [0, 0.1) is 0 Å². The van der Waals surface area contributed by atoms with E-state index in [-0.39, 0.29) is 5.41 Å². The van der Waals surface area contributed by atoms with Gasteiger partial charge in [-0.3, -0.25) is 0 Å². The third kappa shape index (κ3) is 4.33. The van der Waals surface area contributed by atoms with Crippen LogP contribution in [0.1, 0.15) is 26.3 Å². The van der Waals surface area contributed by atoms with E-state index in [1.807, 2.05) is 6.92 Å². The smallest absolute Gasteiger partial charge is 0.0590 e. The highest BCUT2D eigenvalue weighted by molar-refractivity contribution is 5.23. The highest BCUT2D eigenvalue weighted by atomic mass is 16.5. The quantitative estimate of drug-likeness (QED) is 0.715. The van der Waals surface area contributed by atoms with Gasteiger partial charge in [-0.15, -0.1) is 0 Å². The Bertz CT molecular complexity index is 282. The molecule has 1 aromatic rings. The Morgan fingerprint density at radius 3 is 2.50 bits per heavy atom. The molecule has 0 aliphatic rings. The van der Waals surface area contributed by atoms with Gasteiger partial charge in [0, 0.05) is 25.1 Å². The van der Waals surface area contributed by atoms with Gasteiger partial charge in [0.1, 0.15) is 0 Å². The van der Waals surface area contributed by atoms with Crippen molar-refractivity contribution in [3.63, 3.8) is 0 Å². The summed E-state index contributed by atoms with van der Waals surface area (Å²) in [6.45, 7) is 10.0. The molecule has 0 saturated carbocycles. The molecule has 1 aromatic carbocycles. The second-order valence-electron chi connectivity index (χ2n) is 4.62. The Balaban J connectivity index is 2.35. The fourth-order valence-electron chi connectivity index (χ4n) is 1.68. The van der Waals surface area contributed by atoms with Gasteiger partial charge in [0.15, 0.2) is 0 Å². The van der Waals surface area contributed by atoms with E-state index in [0.717, 1.165) is 26.3 Å². The average molecular weight is 221 g/mol. The van der Waals surface area contributed by atoms with Crippen molar-refractivity contribution < 1.29 is 4.74 Å². The number of hydrogen-bond donors (Lipinski definition) is 1. The fourth-order valence-corrected chi connectivity index (χ4v) is 1.68. The maximum absolute atomic E-state index is 5.29. The molecule has 0 fully saturated rings. The molecule has 1 N–H and O–H groups in total. The highest BCUT2D eigenvalue weighted by Crippen LogP contribution is 2.21. The molecule has 0 heterocycles. The van der Waals surface area contributed by atoms with E-state index in [4.69, 9.17) is 4.74 Å². The summed E-state index contributed by atoms with van der Waals surface area (Å²) in [7, 11) is 0. The second-order valence-corrected chi connectivity index (χ2v) is 4.62. The zero-order valence-electron chi connectivity index (χ0n) is 10.6. The summed E-state index contributed by atoms with van der Waals surface area (Å²) in [5.41, 5.74) is 1.55. The molecule has 0 aromatic heterocycles. The van der Waals surface area contributed by atoms with Gasteiger partial charge in [-0.1, -0.05) is 44.2 Å². The van der Waals surface area contributed by atoms with Crippen LogP contribution >= 0.6 is 0 Å². The molecule has 0 bridgehead atoms. The van der Waals surface area contributed by atoms with Gasteiger partial charge in [0.25, 0.3) is 0 Å². The number of hydrogen-bond acceptors (Lipinski definition) is 2.